The van der Waals surface area contributed by atoms with Gasteiger partial charge in [0, 0.05) is 31.7 Å². The third-order valence-corrected chi connectivity index (χ3v) is 5.54. The number of hydrogen-bond acceptors (Lipinski definition) is 8. The zero-order valence-corrected chi connectivity index (χ0v) is 17.5. The van der Waals surface area contributed by atoms with Gasteiger partial charge in [0.2, 0.25) is 11.7 Å². The Bertz CT molecular complexity index is 990. The Balaban J connectivity index is 1.33. The molecule has 2 aromatic heterocycles. The van der Waals surface area contributed by atoms with E-state index in [0.717, 1.165) is 37.5 Å². The van der Waals surface area contributed by atoms with E-state index in [0.29, 0.717) is 29.6 Å². The molecule has 3 aromatic rings. The average Bonchev–Trinajstić information content (AvgIpc) is 3.41. The molecule has 1 unspecified atom stereocenters. The highest BCUT2D eigenvalue weighted by Gasteiger charge is 2.27. The lowest BCUT2D eigenvalue weighted by molar-refractivity contribution is 0.0599. The van der Waals surface area contributed by atoms with Gasteiger partial charge in [-0.2, -0.15) is 4.98 Å². The standard InChI is InChI=1S/C22H26N4O4/c1-15(21-23-20(24-30-21)17-7-5-4-6-8-17)26-11-9-25(10-12-26)14-18-13-19(16(2)29-18)22(27)28-3/h4-8,13,15H,9-12,14H2,1-3H3. The molecule has 8 heteroatoms. The number of furan rings is 1. The van der Waals surface area contributed by atoms with Crippen LogP contribution in [0, 0.1) is 6.92 Å². The Morgan fingerprint density at radius 3 is 2.63 bits per heavy atom. The fourth-order valence-electron chi connectivity index (χ4n) is 3.73. The number of methoxy groups -OCH3 is 1. The summed E-state index contributed by atoms with van der Waals surface area (Å²) in [5.41, 5.74) is 1.44. The number of benzene rings is 1. The van der Waals surface area contributed by atoms with E-state index in [1.807, 2.05) is 30.3 Å². The maximum Gasteiger partial charge on any atom is 0.341 e. The number of carbonyl (C=O) groups is 1. The van der Waals surface area contributed by atoms with Crippen LogP contribution in [0.3, 0.4) is 0 Å². The molecule has 1 atom stereocenters. The predicted molar refractivity (Wildman–Crippen MR) is 110 cm³/mol. The molecule has 3 heterocycles. The van der Waals surface area contributed by atoms with E-state index in [1.165, 1.54) is 7.11 Å². The van der Waals surface area contributed by atoms with Crippen LogP contribution in [0.15, 0.2) is 45.3 Å². The van der Waals surface area contributed by atoms with Crippen molar-refractivity contribution >= 4 is 5.97 Å². The highest BCUT2D eigenvalue weighted by molar-refractivity contribution is 5.90. The molecule has 0 saturated carbocycles. The number of hydrogen-bond donors (Lipinski definition) is 0. The number of esters is 1. The first-order valence-electron chi connectivity index (χ1n) is 10.1. The van der Waals surface area contributed by atoms with E-state index in [-0.39, 0.29) is 12.0 Å². The SMILES string of the molecule is COC(=O)c1cc(CN2CCN(C(C)c3nc(-c4ccccc4)no3)CC2)oc1C. The summed E-state index contributed by atoms with van der Waals surface area (Å²) < 4.78 is 16.1. The topological polar surface area (TPSA) is 84.8 Å². The largest absolute Gasteiger partial charge is 0.465 e. The molecule has 0 aliphatic carbocycles. The Hall–Kier alpha value is -2.97. The van der Waals surface area contributed by atoms with E-state index in [4.69, 9.17) is 13.7 Å². The molecule has 8 nitrogen and oxygen atoms in total. The summed E-state index contributed by atoms with van der Waals surface area (Å²) in [5.74, 6) is 2.25. The number of aryl methyl sites for hydroxylation is 1. The summed E-state index contributed by atoms with van der Waals surface area (Å²) in [6, 6.07) is 11.7. The molecule has 0 spiro atoms. The van der Waals surface area contributed by atoms with Crippen LogP contribution >= 0.6 is 0 Å². The smallest absolute Gasteiger partial charge is 0.341 e. The highest BCUT2D eigenvalue weighted by atomic mass is 16.5. The number of rotatable bonds is 6. The minimum atomic E-state index is -0.365. The molecule has 1 fully saturated rings. The second-order valence-electron chi connectivity index (χ2n) is 7.48. The van der Waals surface area contributed by atoms with Crippen molar-refractivity contribution in [3.05, 3.63) is 59.4 Å². The number of nitrogens with zero attached hydrogens (tertiary/aromatic N) is 4. The Morgan fingerprint density at radius 2 is 1.93 bits per heavy atom. The summed E-state index contributed by atoms with van der Waals surface area (Å²) >= 11 is 0. The fraction of sp³-hybridized carbons (Fsp3) is 0.409. The normalized spacial score (nSPS) is 16.5. The average molecular weight is 410 g/mol. The molecule has 0 N–H and O–H groups in total. The van der Waals surface area contributed by atoms with Crippen molar-refractivity contribution in [2.75, 3.05) is 33.3 Å². The minimum Gasteiger partial charge on any atom is -0.465 e. The third-order valence-electron chi connectivity index (χ3n) is 5.54. The quantitative estimate of drug-likeness (QED) is 0.572. The van der Waals surface area contributed by atoms with E-state index < -0.39 is 0 Å². The van der Waals surface area contributed by atoms with Gasteiger partial charge in [0.25, 0.3) is 0 Å². The second kappa shape index (κ2) is 8.81. The molecule has 158 valence electrons. The van der Waals surface area contributed by atoms with Gasteiger partial charge in [-0.1, -0.05) is 35.5 Å². The van der Waals surface area contributed by atoms with Crippen LogP contribution in [-0.2, 0) is 11.3 Å². The minimum absolute atomic E-state index is 0.0499. The molecule has 1 saturated heterocycles. The third kappa shape index (κ3) is 4.29. The highest BCUT2D eigenvalue weighted by Crippen LogP contribution is 2.24. The first-order chi connectivity index (χ1) is 14.5. The summed E-state index contributed by atoms with van der Waals surface area (Å²) in [7, 11) is 1.38. The Morgan fingerprint density at radius 1 is 1.20 bits per heavy atom. The van der Waals surface area contributed by atoms with E-state index in [2.05, 4.69) is 26.9 Å². The first kappa shape index (κ1) is 20.3. The maximum absolute atomic E-state index is 11.8. The van der Waals surface area contributed by atoms with Crippen LogP contribution in [0.5, 0.6) is 0 Å². The summed E-state index contributed by atoms with van der Waals surface area (Å²) in [5, 5.41) is 4.13. The Kier molecular flexibility index (Phi) is 5.96. The van der Waals surface area contributed by atoms with Gasteiger partial charge in [-0.25, -0.2) is 4.79 Å². The molecular formula is C22H26N4O4. The van der Waals surface area contributed by atoms with Crippen LogP contribution in [0.1, 0.15) is 40.7 Å². The van der Waals surface area contributed by atoms with E-state index in [9.17, 15) is 4.79 Å². The van der Waals surface area contributed by atoms with Crippen molar-refractivity contribution in [1.82, 2.24) is 19.9 Å². The summed E-state index contributed by atoms with van der Waals surface area (Å²) in [6.07, 6.45) is 0. The van der Waals surface area contributed by atoms with Gasteiger partial charge in [-0.05, 0) is 19.9 Å². The maximum atomic E-state index is 11.8. The van der Waals surface area contributed by atoms with Crippen molar-refractivity contribution in [2.45, 2.75) is 26.4 Å². The van der Waals surface area contributed by atoms with Crippen LogP contribution in [0.2, 0.25) is 0 Å². The molecule has 0 radical (unpaired) electrons. The molecule has 0 bridgehead atoms. The summed E-state index contributed by atoms with van der Waals surface area (Å²) in [6.45, 7) is 8.08. The molecular weight excluding hydrogens is 384 g/mol. The van der Waals surface area contributed by atoms with Crippen LogP contribution in [-0.4, -0.2) is 59.2 Å². The lowest BCUT2D eigenvalue weighted by Gasteiger charge is -2.36. The monoisotopic (exact) mass is 410 g/mol. The van der Waals surface area contributed by atoms with Crippen molar-refractivity contribution in [3.8, 4) is 11.4 Å². The van der Waals surface area contributed by atoms with Crippen molar-refractivity contribution in [1.29, 1.82) is 0 Å². The number of piperazine rings is 1. The van der Waals surface area contributed by atoms with Gasteiger partial charge >= 0.3 is 5.97 Å². The van der Waals surface area contributed by atoms with Gasteiger partial charge in [0.05, 0.1) is 19.7 Å². The van der Waals surface area contributed by atoms with Crippen LogP contribution in [0.4, 0.5) is 0 Å². The van der Waals surface area contributed by atoms with E-state index >= 15 is 0 Å². The number of ether oxygens (including phenoxy) is 1. The lowest BCUT2D eigenvalue weighted by atomic mass is 10.2. The van der Waals surface area contributed by atoms with Gasteiger partial charge < -0.3 is 13.7 Å². The molecule has 1 aliphatic rings. The van der Waals surface area contributed by atoms with Crippen LogP contribution < -0.4 is 0 Å². The fourth-order valence-corrected chi connectivity index (χ4v) is 3.73. The molecule has 4 rings (SSSR count). The molecule has 1 aliphatic heterocycles. The number of aromatic nitrogens is 2. The van der Waals surface area contributed by atoms with E-state index in [1.54, 1.807) is 13.0 Å². The Labute approximate surface area is 175 Å². The van der Waals surface area contributed by atoms with Crippen molar-refractivity contribution in [2.24, 2.45) is 0 Å². The number of carbonyl (C=O) groups excluding carboxylic acids is 1. The zero-order chi connectivity index (χ0) is 21.1. The first-order valence-corrected chi connectivity index (χ1v) is 10.1. The molecule has 0 amide bonds. The van der Waals surface area contributed by atoms with Crippen molar-refractivity contribution < 1.29 is 18.5 Å². The second-order valence-corrected chi connectivity index (χ2v) is 7.48. The predicted octanol–water partition coefficient (Wildman–Crippen LogP) is 3.30. The zero-order valence-electron chi connectivity index (χ0n) is 17.5. The van der Waals surface area contributed by atoms with Gasteiger partial charge in [-0.3, -0.25) is 9.80 Å². The van der Waals surface area contributed by atoms with Crippen molar-refractivity contribution in [3.63, 3.8) is 0 Å². The van der Waals surface area contributed by atoms with Gasteiger partial charge in [0.15, 0.2) is 0 Å². The molecule has 30 heavy (non-hydrogen) atoms. The molecule has 1 aromatic carbocycles. The van der Waals surface area contributed by atoms with Gasteiger partial charge in [-0.15, -0.1) is 0 Å². The summed E-state index contributed by atoms with van der Waals surface area (Å²) in [4.78, 5) is 21.0. The van der Waals surface area contributed by atoms with Gasteiger partial charge in [0.1, 0.15) is 17.1 Å². The van der Waals surface area contributed by atoms with Crippen LogP contribution in [0.25, 0.3) is 11.4 Å². The lowest BCUT2D eigenvalue weighted by Crippen LogP contribution is -2.46.